The predicted molar refractivity (Wildman–Crippen MR) is 117 cm³/mol. The number of hydrogen-bond donors (Lipinski definition) is 2. The summed E-state index contributed by atoms with van der Waals surface area (Å²) in [6.45, 7) is 3.70. The maximum absolute atomic E-state index is 12.6. The summed E-state index contributed by atoms with van der Waals surface area (Å²) >= 11 is 0. The van der Waals surface area contributed by atoms with Crippen molar-refractivity contribution in [1.82, 2.24) is 0 Å². The van der Waals surface area contributed by atoms with Gasteiger partial charge in [0.1, 0.15) is 0 Å². The molecule has 0 aliphatic rings. The second-order valence-corrected chi connectivity index (χ2v) is 10.2. The normalized spacial score (nSPS) is 11.7. The molecule has 0 amide bonds. The van der Waals surface area contributed by atoms with Crippen LogP contribution in [0, 0.1) is 24.0 Å². The van der Waals surface area contributed by atoms with Crippen molar-refractivity contribution in [2.45, 2.75) is 23.6 Å². The molecule has 0 fully saturated rings. The van der Waals surface area contributed by atoms with E-state index in [-0.39, 0.29) is 10.6 Å². The molecule has 11 heteroatoms. The zero-order chi connectivity index (χ0) is 22.8. The summed E-state index contributed by atoms with van der Waals surface area (Å²) in [5.41, 5.74) is 1.71. The number of rotatable bonds is 7. The average Bonchev–Trinajstić information content (AvgIpc) is 2.67. The summed E-state index contributed by atoms with van der Waals surface area (Å²) in [6, 6.07) is 15.2. The summed E-state index contributed by atoms with van der Waals surface area (Å²) in [4.78, 5) is 9.76. The highest BCUT2D eigenvalue weighted by atomic mass is 32.2. The summed E-state index contributed by atoms with van der Waals surface area (Å²) in [5, 5.41) is 11.1. The van der Waals surface area contributed by atoms with Crippen LogP contribution in [-0.2, 0) is 20.0 Å². The monoisotopic (exact) mass is 461 g/mol. The number of sulfonamides is 2. The summed E-state index contributed by atoms with van der Waals surface area (Å²) in [6.07, 6.45) is 0. The molecule has 3 aromatic carbocycles. The van der Waals surface area contributed by atoms with Gasteiger partial charge >= 0.3 is 0 Å². The van der Waals surface area contributed by atoms with Crippen molar-refractivity contribution in [2.24, 2.45) is 0 Å². The molecule has 0 saturated heterocycles. The van der Waals surface area contributed by atoms with Gasteiger partial charge in [-0.05, 0) is 67.4 Å². The summed E-state index contributed by atoms with van der Waals surface area (Å²) in [7, 11) is -8.15. The molecule has 0 heterocycles. The molecule has 0 aliphatic carbocycles. The van der Waals surface area contributed by atoms with Crippen molar-refractivity contribution in [2.75, 3.05) is 9.44 Å². The molecule has 0 aliphatic heterocycles. The number of nitro groups is 1. The minimum absolute atomic E-state index is 0.0588. The van der Waals surface area contributed by atoms with E-state index in [0.717, 1.165) is 23.3 Å². The molecule has 0 unspecified atom stereocenters. The molecular weight excluding hydrogens is 442 g/mol. The topological polar surface area (TPSA) is 135 Å². The van der Waals surface area contributed by atoms with Crippen molar-refractivity contribution in [3.8, 4) is 0 Å². The van der Waals surface area contributed by atoms with E-state index >= 15 is 0 Å². The lowest BCUT2D eigenvalue weighted by Gasteiger charge is -2.11. The molecule has 3 aromatic rings. The fourth-order valence-electron chi connectivity index (χ4n) is 3.00. The van der Waals surface area contributed by atoms with Crippen LogP contribution in [0.4, 0.5) is 17.1 Å². The Kier molecular flexibility index (Phi) is 6.00. The zero-order valence-corrected chi connectivity index (χ0v) is 18.2. The molecule has 0 spiro atoms. The molecule has 9 nitrogen and oxygen atoms in total. The number of hydrogen-bond acceptors (Lipinski definition) is 6. The van der Waals surface area contributed by atoms with Crippen LogP contribution in [0.3, 0.4) is 0 Å². The molecule has 0 saturated carbocycles. The van der Waals surface area contributed by atoms with Gasteiger partial charge in [-0.3, -0.25) is 19.6 Å². The molecule has 0 bridgehead atoms. The minimum Gasteiger partial charge on any atom is -0.280 e. The van der Waals surface area contributed by atoms with E-state index in [1.807, 2.05) is 19.9 Å². The van der Waals surface area contributed by atoms with Crippen LogP contribution in [-0.4, -0.2) is 21.8 Å². The first-order chi connectivity index (χ1) is 14.5. The minimum atomic E-state index is -4.25. The number of aryl methyl sites for hydroxylation is 2. The Morgan fingerprint density at radius 2 is 1.29 bits per heavy atom. The van der Waals surface area contributed by atoms with Gasteiger partial charge in [0, 0.05) is 17.4 Å². The van der Waals surface area contributed by atoms with Crippen molar-refractivity contribution < 1.29 is 21.8 Å². The lowest BCUT2D eigenvalue weighted by atomic mass is 10.1. The van der Waals surface area contributed by atoms with Gasteiger partial charge in [0.25, 0.3) is 25.7 Å². The van der Waals surface area contributed by atoms with Crippen LogP contribution >= 0.6 is 0 Å². The van der Waals surface area contributed by atoms with E-state index in [1.165, 1.54) is 36.4 Å². The highest BCUT2D eigenvalue weighted by Gasteiger charge is 2.25. The molecular formula is C20H19N3O6S2. The molecule has 0 aromatic heterocycles. The van der Waals surface area contributed by atoms with Crippen molar-refractivity contribution in [1.29, 1.82) is 0 Å². The third-order valence-electron chi connectivity index (χ3n) is 4.24. The molecule has 0 radical (unpaired) electrons. The first kappa shape index (κ1) is 22.2. The first-order valence-electron chi connectivity index (χ1n) is 8.95. The lowest BCUT2D eigenvalue weighted by Crippen LogP contribution is -2.15. The van der Waals surface area contributed by atoms with Gasteiger partial charge in [-0.15, -0.1) is 0 Å². The Hall–Kier alpha value is -3.44. The summed E-state index contributed by atoms with van der Waals surface area (Å²) in [5.74, 6) is 0. The Balaban J connectivity index is 1.84. The first-order valence-corrected chi connectivity index (χ1v) is 11.9. The third-order valence-corrected chi connectivity index (χ3v) is 7.07. The Bertz CT molecular complexity index is 1330. The largest absolute Gasteiger partial charge is 0.289 e. The highest BCUT2D eigenvalue weighted by molar-refractivity contribution is 7.93. The van der Waals surface area contributed by atoms with E-state index in [0.29, 0.717) is 5.69 Å². The van der Waals surface area contributed by atoms with Crippen molar-refractivity contribution >= 4 is 37.1 Å². The average molecular weight is 462 g/mol. The number of nitrogens with zero attached hydrogens (tertiary/aromatic N) is 1. The smallest absolute Gasteiger partial charge is 0.280 e. The number of nitro benzene ring substituents is 1. The van der Waals surface area contributed by atoms with E-state index < -0.39 is 35.6 Å². The van der Waals surface area contributed by atoms with Gasteiger partial charge in [-0.1, -0.05) is 18.2 Å². The quantitative estimate of drug-likeness (QED) is 0.406. The van der Waals surface area contributed by atoms with Gasteiger partial charge in [0.15, 0.2) is 4.90 Å². The fraction of sp³-hybridized carbons (Fsp3) is 0.100. The standard InChI is InChI=1S/C20H19N3O6S2/c1-14-11-15(2)13-17(12-14)22-30(26,27)18-9-7-16(8-10-18)21-31(28,29)20-6-4-3-5-19(20)23(24)25/h3-13,21-22H,1-2H3. The summed E-state index contributed by atoms with van der Waals surface area (Å²) < 4.78 is 55.1. The predicted octanol–water partition coefficient (Wildman–Crippen LogP) is 3.81. The Morgan fingerprint density at radius 3 is 1.87 bits per heavy atom. The van der Waals surface area contributed by atoms with E-state index in [9.17, 15) is 26.9 Å². The number of anilines is 2. The Morgan fingerprint density at radius 1 is 0.742 bits per heavy atom. The fourth-order valence-corrected chi connectivity index (χ4v) is 5.27. The van der Waals surface area contributed by atoms with E-state index in [1.54, 1.807) is 12.1 Å². The number of benzene rings is 3. The molecule has 31 heavy (non-hydrogen) atoms. The molecule has 2 N–H and O–H groups in total. The maximum atomic E-state index is 12.6. The van der Waals surface area contributed by atoms with E-state index in [2.05, 4.69) is 9.44 Å². The SMILES string of the molecule is Cc1cc(C)cc(NS(=O)(=O)c2ccc(NS(=O)(=O)c3ccccc3[N+](=O)[O-])cc2)c1. The second-order valence-electron chi connectivity index (χ2n) is 6.84. The molecule has 3 rings (SSSR count). The molecule has 0 atom stereocenters. The Labute approximate surface area is 180 Å². The number of para-hydroxylation sites is 1. The van der Waals surface area contributed by atoms with Gasteiger partial charge in [-0.2, -0.15) is 0 Å². The van der Waals surface area contributed by atoms with Gasteiger partial charge < -0.3 is 0 Å². The van der Waals surface area contributed by atoms with Crippen LogP contribution in [0.1, 0.15) is 11.1 Å². The van der Waals surface area contributed by atoms with Crippen molar-refractivity contribution in [3.63, 3.8) is 0 Å². The van der Waals surface area contributed by atoms with Gasteiger partial charge in [0.05, 0.1) is 9.82 Å². The van der Waals surface area contributed by atoms with E-state index in [4.69, 9.17) is 0 Å². The number of nitrogens with one attached hydrogen (secondary N) is 2. The zero-order valence-electron chi connectivity index (χ0n) is 16.6. The van der Waals surface area contributed by atoms with Crippen LogP contribution in [0.2, 0.25) is 0 Å². The van der Waals surface area contributed by atoms with Gasteiger partial charge in [-0.25, -0.2) is 16.8 Å². The highest BCUT2D eigenvalue weighted by Crippen LogP contribution is 2.26. The van der Waals surface area contributed by atoms with Crippen molar-refractivity contribution in [3.05, 3.63) is 88.0 Å². The van der Waals surface area contributed by atoms with Crippen LogP contribution in [0.15, 0.2) is 76.5 Å². The maximum Gasteiger partial charge on any atom is 0.289 e. The lowest BCUT2D eigenvalue weighted by molar-refractivity contribution is -0.387. The third kappa shape index (κ3) is 5.19. The van der Waals surface area contributed by atoms with Gasteiger partial charge in [0.2, 0.25) is 0 Å². The molecule has 162 valence electrons. The van der Waals surface area contributed by atoms with Crippen LogP contribution < -0.4 is 9.44 Å². The van der Waals surface area contributed by atoms with Crippen LogP contribution in [0.25, 0.3) is 0 Å². The van der Waals surface area contributed by atoms with Crippen LogP contribution in [0.5, 0.6) is 0 Å². The second kappa shape index (κ2) is 8.36.